The van der Waals surface area contributed by atoms with Gasteiger partial charge in [0.05, 0.1) is 13.7 Å². The maximum atomic E-state index is 13.0. The van der Waals surface area contributed by atoms with Gasteiger partial charge in [-0.15, -0.1) is 0 Å². The highest BCUT2D eigenvalue weighted by Crippen LogP contribution is 2.23. The van der Waals surface area contributed by atoms with Crippen LogP contribution in [0.25, 0.3) is 0 Å². The van der Waals surface area contributed by atoms with Crippen molar-refractivity contribution in [1.82, 2.24) is 15.5 Å². The molecule has 0 bridgehead atoms. The van der Waals surface area contributed by atoms with Gasteiger partial charge in [-0.3, -0.25) is 14.4 Å². The largest absolute Gasteiger partial charge is 0.497 e. The van der Waals surface area contributed by atoms with Crippen LogP contribution in [0.3, 0.4) is 0 Å². The fraction of sp³-hybridized carbons (Fsp3) is 0.423. The monoisotopic (exact) mass is 467 g/mol. The third-order valence-electron chi connectivity index (χ3n) is 6.07. The van der Waals surface area contributed by atoms with Crippen molar-refractivity contribution in [3.05, 3.63) is 65.2 Å². The number of nitrogens with one attached hydrogen (secondary N) is 2. The van der Waals surface area contributed by atoms with Gasteiger partial charge in [0.15, 0.2) is 0 Å². The number of nitrogens with zero attached hydrogens (tertiary/aromatic N) is 1. The molecule has 1 aliphatic rings. The van der Waals surface area contributed by atoms with E-state index in [1.54, 1.807) is 31.4 Å². The van der Waals surface area contributed by atoms with E-state index in [0.29, 0.717) is 56.0 Å². The van der Waals surface area contributed by atoms with Gasteiger partial charge in [0.2, 0.25) is 5.91 Å². The van der Waals surface area contributed by atoms with Gasteiger partial charge in [0.25, 0.3) is 11.8 Å². The number of carbonyl (C=O) groups excluding carboxylic acids is 3. The van der Waals surface area contributed by atoms with Crippen molar-refractivity contribution in [3.8, 4) is 5.75 Å². The van der Waals surface area contributed by atoms with E-state index in [1.807, 2.05) is 36.1 Å². The first-order valence-corrected chi connectivity index (χ1v) is 11.5. The molecule has 1 fully saturated rings. The third kappa shape index (κ3) is 6.57. The molecule has 1 aliphatic heterocycles. The predicted octanol–water partition coefficient (Wildman–Crippen LogP) is 2.42. The lowest BCUT2D eigenvalue weighted by atomic mass is 9.88. The van der Waals surface area contributed by atoms with Crippen molar-refractivity contribution in [2.24, 2.45) is 5.92 Å². The fourth-order valence-electron chi connectivity index (χ4n) is 4.17. The Kier molecular flexibility index (Phi) is 9.04. The fourth-order valence-corrected chi connectivity index (χ4v) is 4.17. The van der Waals surface area contributed by atoms with Gasteiger partial charge < -0.3 is 25.0 Å². The first-order chi connectivity index (χ1) is 16.4. The van der Waals surface area contributed by atoms with Gasteiger partial charge in [-0.05, 0) is 56.0 Å². The Hall–Kier alpha value is -3.39. The Morgan fingerprint density at radius 1 is 1.03 bits per heavy atom. The van der Waals surface area contributed by atoms with Gasteiger partial charge >= 0.3 is 0 Å². The number of rotatable bonds is 9. The smallest absolute Gasteiger partial charge is 0.253 e. The molecule has 0 aromatic heterocycles. The second kappa shape index (κ2) is 12.2. The zero-order valence-corrected chi connectivity index (χ0v) is 20.0. The summed E-state index contributed by atoms with van der Waals surface area (Å²) < 4.78 is 10.2. The maximum absolute atomic E-state index is 13.0. The molecule has 2 aromatic rings. The number of methoxy groups -OCH3 is 2. The van der Waals surface area contributed by atoms with Gasteiger partial charge in [-0.1, -0.05) is 23.8 Å². The molecule has 0 spiro atoms. The van der Waals surface area contributed by atoms with E-state index in [2.05, 4.69) is 10.6 Å². The van der Waals surface area contributed by atoms with Crippen molar-refractivity contribution in [2.45, 2.75) is 25.8 Å². The van der Waals surface area contributed by atoms with E-state index in [4.69, 9.17) is 9.47 Å². The molecule has 0 aliphatic carbocycles. The Balaban J connectivity index is 1.69. The van der Waals surface area contributed by atoms with E-state index in [-0.39, 0.29) is 23.6 Å². The third-order valence-corrected chi connectivity index (χ3v) is 6.07. The summed E-state index contributed by atoms with van der Waals surface area (Å²) in [6, 6.07) is 13.6. The van der Waals surface area contributed by atoms with E-state index in [9.17, 15) is 14.4 Å². The number of ether oxygens (including phenoxy) is 2. The van der Waals surface area contributed by atoms with Crippen molar-refractivity contribution in [2.75, 3.05) is 40.5 Å². The van der Waals surface area contributed by atoms with Crippen LogP contribution in [-0.2, 0) is 9.53 Å². The lowest BCUT2D eigenvalue weighted by Gasteiger charge is -2.36. The summed E-state index contributed by atoms with van der Waals surface area (Å²) in [5, 5.41) is 5.76. The predicted molar refractivity (Wildman–Crippen MR) is 129 cm³/mol. The van der Waals surface area contributed by atoms with Crippen LogP contribution in [0.1, 0.15) is 39.1 Å². The van der Waals surface area contributed by atoms with Crippen molar-refractivity contribution >= 4 is 17.7 Å². The van der Waals surface area contributed by atoms with Gasteiger partial charge in [0, 0.05) is 37.9 Å². The molecule has 8 nitrogen and oxygen atoms in total. The highest BCUT2D eigenvalue weighted by molar-refractivity contribution is 5.98. The summed E-state index contributed by atoms with van der Waals surface area (Å²) in [6.07, 6.45) is 1.22. The average Bonchev–Trinajstić information content (AvgIpc) is 2.87. The molecule has 8 heteroatoms. The minimum Gasteiger partial charge on any atom is -0.497 e. The summed E-state index contributed by atoms with van der Waals surface area (Å²) in [4.78, 5) is 40.7. The standard InChI is InChI=1S/C26H33N3O5/c1-18-6-4-8-21(16-18)26(32)29-13-10-19(11-14-29)23(25(31)27-12-15-33-2)28-24(30)20-7-5-9-22(17-20)34-3/h4-9,16-17,19,23H,10-15H2,1-3H3,(H,27,31)(H,28,30). The molecule has 1 saturated heterocycles. The second-order valence-corrected chi connectivity index (χ2v) is 8.47. The van der Waals surface area contributed by atoms with E-state index < -0.39 is 6.04 Å². The van der Waals surface area contributed by atoms with Crippen LogP contribution in [0, 0.1) is 12.8 Å². The van der Waals surface area contributed by atoms with Crippen LogP contribution >= 0.6 is 0 Å². The van der Waals surface area contributed by atoms with Crippen LogP contribution in [0.15, 0.2) is 48.5 Å². The first kappa shape index (κ1) is 25.2. The molecule has 34 heavy (non-hydrogen) atoms. The number of piperidine rings is 1. The summed E-state index contributed by atoms with van der Waals surface area (Å²) in [6.45, 7) is 3.74. The number of carbonyl (C=O) groups is 3. The summed E-state index contributed by atoms with van der Waals surface area (Å²) >= 11 is 0. The van der Waals surface area contributed by atoms with Crippen molar-refractivity contribution in [1.29, 1.82) is 0 Å². The van der Waals surface area contributed by atoms with Gasteiger partial charge in [0.1, 0.15) is 11.8 Å². The number of hydrogen-bond acceptors (Lipinski definition) is 5. The minimum atomic E-state index is -0.716. The minimum absolute atomic E-state index is 0.0105. The number of aryl methyl sites for hydroxylation is 1. The normalized spacial score (nSPS) is 14.9. The van der Waals surface area contributed by atoms with E-state index in [1.165, 1.54) is 7.11 Å². The zero-order chi connectivity index (χ0) is 24.5. The molecule has 0 saturated carbocycles. The van der Waals surface area contributed by atoms with Crippen LogP contribution in [0.5, 0.6) is 5.75 Å². The topological polar surface area (TPSA) is 97.0 Å². The first-order valence-electron chi connectivity index (χ1n) is 11.5. The lowest BCUT2D eigenvalue weighted by molar-refractivity contribution is -0.124. The molecule has 2 aromatic carbocycles. The Bertz CT molecular complexity index is 1000. The molecule has 1 atom stereocenters. The summed E-state index contributed by atoms with van der Waals surface area (Å²) in [5.41, 5.74) is 2.12. The Labute approximate surface area is 200 Å². The molecule has 3 rings (SSSR count). The lowest BCUT2D eigenvalue weighted by Crippen LogP contribution is -2.54. The SMILES string of the molecule is COCCNC(=O)C(NC(=O)c1cccc(OC)c1)C1CCN(C(=O)c2cccc(C)c2)CC1. The molecular weight excluding hydrogens is 434 g/mol. The van der Waals surface area contributed by atoms with Gasteiger partial charge in [-0.25, -0.2) is 0 Å². The summed E-state index contributed by atoms with van der Waals surface area (Å²) in [7, 11) is 3.10. The number of likely N-dealkylation sites (tertiary alicyclic amines) is 1. The molecule has 182 valence electrons. The van der Waals surface area contributed by atoms with Crippen LogP contribution in [0.2, 0.25) is 0 Å². The molecule has 1 unspecified atom stereocenters. The average molecular weight is 468 g/mol. The number of hydrogen-bond donors (Lipinski definition) is 2. The van der Waals surface area contributed by atoms with E-state index >= 15 is 0 Å². The molecule has 0 radical (unpaired) electrons. The summed E-state index contributed by atoms with van der Waals surface area (Å²) in [5.74, 6) is -0.139. The zero-order valence-electron chi connectivity index (χ0n) is 20.0. The van der Waals surface area contributed by atoms with E-state index in [0.717, 1.165) is 5.56 Å². The highest BCUT2D eigenvalue weighted by Gasteiger charge is 2.34. The van der Waals surface area contributed by atoms with Crippen molar-refractivity contribution < 1.29 is 23.9 Å². The Morgan fingerprint density at radius 2 is 1.74 bits per heavy atom. The number of amides is 3. The highest BCUT2D eigenvalue weighted by atomic mass is 16.5. The molecular formula is C26H33N3O5. The van der Waals surface area contributed by atoms with Crippen LogP contribution < -0.4 is 15.4 Å². The van der Waals surface area contributed by atoms with Crippen LogP contribution in [-0.4, -0.2) is 69.1 Å². The Morgan fingerprint density at radius 3 is 2.41 bits per heavy atom. The molecule has 3 amide bonds. The number of benzene rings is 2. The maximum Gasteiger partial charge on any atom is 0.253 e. The quantitative estimate of drug-likeness (QED) is 0.552. The van der Waals surface area contributed by atoms with Crippen molar-refractivity contribution in [3.63, 3.8) is 0 Å². The van der Waals surface area contributed by atoms with Gasteiger partial charge in [-0.2, -0.15) is 0 Å². The second-order valence-electron chi connectivity index (χ2n) is 8.47. The molecule has 2 N–H and O–H groups in total. The van der Waals surface area contributed by atoms with Crippen LogP contribution in [0.4, 0.5) is 0 Å². The molecule has 1 heterocycles.